The third-order valence-corrected chi connectivity index (χ3v) is 6.09. The van der Waals surface area contributed by atoms with Gasteiger partial charge in [-0.25, -0.2) is 4.79 Å². The maximum atomic E-state index is 13.4. The lowest BCUT2D eigenvalue weighted by Crippen LogP contribution is -2.29. The van der Waals surface area contributed by atoms with Crippen LogP contribution in [0.4, 0.5) is 5.69 Å². The molecule has 1 unspecified atom stereocenters. The van der Waals surface area contributed by atoms with E-state index >= 15 is 0 Å². The SMILES string of the molecule is CCOC(=O)c1cccc(N2C(=O)C(=O)/C(=C(/O)c3cc(Cl)ccc3OC)C2c2cccc(C)c2)c1. The summed E-state index contributed by atoms with van der Waals surface area (Å²) >= 11 is 6.17. The first-order valence-corrected chi connectivity index (χ1v) is 11.6. The normalized spacial score (nSPS) is 16.8. The average molecular weight is 506 g/mol. The van der Waals surface area contributed by atoms with Crippen LogP contribution in [0.3, 0.4) is 0 Å². The number of anilines is 1. The van der Waals surface area contributed by atoms with Crippen molar-refractivity contribution in [3.8, 4) is 5.75 Å². The van der Waals surface area contributed by atoms with Crippen molar-refractivity contribution in [3.63, 3.8) is 0 Å². The van der Waals surface area contributed by atoms with E-state index in [2.05, 4.69) is 0 Å². The maximum Gasteiger partial charge on any atom is 0.338 e. The molecule has 7 nitrogen and oxygen atoms in total. The first kappa shape index (κ1) is 25.0. The number of aliphatic hydroxyl groups excluding tert-OH is 1. The van der Waals surface area contributed by atoms with Gasteiger partial charge in [0.25, 0.3) is 11.7 Å². The number of methoxy groups -OCH3 is 1. The molecule has 1 aliphatic heterocycles. The Morgan fingerprint density at radius 1 is 1.06 bits per heavy atom. The van der Waals surface area contributed by atoms with Crippen molar-refractivity contribution in [2.75, 3.05) is 18.6 Å². The molecule has 1 aliphatic rings. The number of hydrogen-bond donors (Lipinski definition) is 1. The van der Waals surface area contributed by atoms with E-state index in [0.717, 1.165) is 5.56 Å². The molecule has 4 rings (SSSR count). The molecule has 0 aromatic heterocycles. The van der Waals surface area contributed by atoms with E-state index in [9.17, 15) is 19.5 Å². The molecule has 1 N–H and O–H groups in total. The minimum absolute atomic E-state index is 0.118. The third kappa shape index (κ3) is 4.57. The van der Waals surface area contributed by atoms with Gasteiger partial charge in [-0.1, -0.05) is 47.5 Å². The van der Waals surface area contributed by atoms with E-state index in [4.69, 9.17) is 21.1 Å². The standard InChI is InChI=1S/C28H24ClNO6/c1-4-36-28(34)18-9-6-10-20(14-18)30-24(17-8-5-7-16(2)13-17)23(26(32)27(30)33)25(31)21-15-19(29)11-12-22(21)35-3/h5-15,24,31H,4H2,1-3H3/b25-23+. The molecule has 1 amide bonds. The average Bonchev–Trinajstić information content (AvgIpc) is 3.14. The van der Waals surface area contributed by atoms with Gasteiger partial charge in [0.1, 0.15) is 11.5 Å². The van der Waals surface area contributed by atoms with Gasteiger partial charge in [0.15, 0.2) is 0 Å². The fourth-order valence-electron chi connectivity index (χ4n) is 4.26. The number of nitrogens with zero attached hydrogens (tertiary/aromatic N) is 1. The van der Waals surface area contributed by atoms with Gasteiger partial charge in [-0.05, 0) is 55.8 Å². The Labute approximate surface area is 213 Å². The summed E-state index contributed by atoms with van der Waals surface area (Å²) in [5, 5.41) is 11.7. The van der Waals surface area contributed by atoms with Crippen molar-refractivity contribution in [2.24, 2.45) is 0 Å². The van der Waals surface area contributed by atoms with Crippen LogP contribution >= 0.6 is 11.6 Å². The van der Waals surface area contributed by atoms with Crippen LogP contribution in [0.25, 0.3) is 5.76 Å². The Bertz CT molecular complexity index is 1400. The highest BCUT2D eigenvalue weighted by Gasteiger charge is 2.47. The number of aliphatic hydroxyl groups is 1. The van der Waals surface area contributed by atoms with Gasteiger partial charge >= 0.3 is 5.97 Å². The Hall–Kier alpha value is -4.10. The number of esters is 1. The molecule has 0 aliphatic carbocycles. The van der Waals surface area contributed by atoms with Crippen LogP contribution in [-0.2, 0) is 14.3 Å². The number of ketones is 1. The predicted octanol–water partition coefficient (Wildman–Crippen LogP) is 5.46. The number of ether oxygens (including phenoxy) is 2. The number of halogens is 1. The van der Waals surface area contributed by atoms with E-state index in [1.165, 1.54) is 24.1 Å². The second-order valence-corrected chi connectivity index (χ2v) is 8.64. The summed E-state index contributed by atoms with van der Waals surface area (Å²) in [6, 6.07) is 17.2. The summed E-state index contributed by atoms with van der Waals surface area (Å²) in [4.78, 5) is 40.4. The van der Waals surface area contributed by atoms with Crippen LogP contribution in [0, 0.1) is 6.92 Å². The quantitative estimate of drug-likeness (QED) is 0.207. The van der Waals surface area contributed by atoms with Crippen LogP contribution in [0.2, 0.25) is 5.02 Å². The molecule has 1 heterocycles. The first-order chi connectivity index (χ1) is 17.3. The molecule has 3 aromatic rings. The highest BCUT2D eigenvalue weighted by Crippen LogP contribution is 2.44. The summed E-state index contributed by atoms with van der Waals surface area (Å²) < 4.78 is 10.5. The smallest absolute Gasteiger partial charge is 0.338 e. The highest BCUT2D eigenvalue weighted by atomic mass is 35.5. The molecule has 36 heavy (non-hydrogen) atoms. The van der Waals surface area contributed by atoms with Gasteiger partial charge in [-0.2, -0.15) is 0 Å². The van der Waals surface area contributed by atoms with Gasteiger partial charge in [0.2, 0.25) is 0 Å². The van der Waals surface area contributed by atoms with Crippen molar-refractivity contribution in [3.05, 3.63) is 99.6 Å². The molecule has 8 heteroatoms. The van der Waals surface area contributed by atoms with Crippen LogP contribution in [0.5, 0.6) is 5.75 Å². The molecule has 0 bridgehead atoms. The fraction of sp³-hybridized carbons (Fsp3) is 0.179. The molecular formula is C28H24ClNO6. The van der Waals surface area contributed by atoms with Crippen molar-refractivity contribution < 1.29 is 29.0 Å². The largest absolute Gasteiger partial charge is 0.507 e. The number of carbonyl (C=O) groups is 3. The van der Waals surface area contributed by atoms with E-state index in [1.807, 2.05) is 19.1 Å². The first-order valence-electron chi connectivity index (χ1n) is 11.3. The Morgan fingerprint density at radius 2 is 1.81 bits per heavy atom. The van der Waals surface area contributed by atoms with Gasteiger partial charge in [-0.15, -0.1) is 0 Å². The number of Topliss-reactive ketones (excluding diaryl/α,β-unsaturated/α-hetero) is 1. The zero-order valence-electron chi connectivity index (χ0n) is 19.9. The predicted molar refractivity (Wildman–Crippen MR) is 136 cm³/mol. The van der Waals surface area contributed by atoms with Crippen LogP contribution in [-0.4, -0.2) is 36.5 Å². The lowest BCUT2D eigenvalue weighted by molar-refractivity contribution is -0.132. The minimum Gasteiger partial charge on any atom is -0.507 e. The molecule has 1 saturated heterocycles. The number of hydrogen-bond acceptors (Lipinski definition) is 6. The van der Waals surface area contributed by atoms with Crippen LogP contribution < -0.4 is 9.64 Å². The summed E-state index contributed by atoms with van der Waals surface area (Å²) in [6.07, 6.45) is 0. The second kappa shape index (κ2) is 10.3. The van der Waals surface area contributed by atoms with E-state index in [0.29, 0.717) is 16.3 Å². The van der Waals surface area contributed by atoms with Crippen LogP contribution in [0.15, 0.2) is 72.3 Å². The zero-order valence-corrected chi connectivity index (χ0v) is 20.7. The highest BCUT2D eigenvalue weighted by molar-refractivity contribution is 6.51. The number of aryl methyl sites for hydroxylation is 1. The fourth-order valence-corrected chi connectivity index (χ4v) is 4.43. The summed E-state index contributed by atoms with van der Waals surface area (Å²) in [6.45, 7) is 3.78. The van der Waals surface area contributed by atoms with Gasteiger partial charge in [-0.3, -0.25) is 14.5 Å². The minimum atomic E-state index is -0.967. The third-order valence-electron chi connectivity index (χ3n) is 5.85. The second-order valence-electron chi connectivity index (χ2n) is 8.20. The summed E-state index contributed by atoms with van der Waals surface area (Å²) in [7, 11) is 1.43. The van der Waals surface area contributed by atoms with Gasteiger partial charge in [0, 0.05) is 10.7 Å². The van der Waals surface area contributed by atoms with Crippen molar-refractivity contribution >= 4 is 40.7 Å². The Morgan fingerprint density at radius 3 is 2.50 bits per heavy atom. The Kier molecular flexibility index (Phi) is 7.12. The van der Waals surface area contributed by atoms with E-state index < -0.39 is 29.5 Å². The summed E-state index contributed by atoms with van der Waals surface area (Å²) in [5.41, 5.74) is 2.12. The molecule has 0 radical (unpaired) electrons. The molecular weight excluding hydrogens is 482 g/mol. The van der Waals surface area contributed by atoms with Crippen molar-refractivity contribution in [2.45, 2.75) is 19.9 Å². The van der Waals surface area contributed by atoms with Gasteiger partial charge in [0.05, 0.1) is 36.5 Å². The maximum absolute atomic E-state index is 13.4. The molecule has 0 spiro atoms. The molecule has 1 fully saturated rings. The zero-order chi connectivity index (χ0) is 26.0. The number of amides is 1. The van der Waals surface area contributed by atoms with E-state index in [1.54, 1.807) is 49.4 Å². The lowest BCUT2D eigenvalue weighted by Gasteiger charge is -2.26. The monoisotopic (exact) mass is 505 g/mol. The topological polar surface area (TPSA) is 93.1 Å². The molecule has 184 valence electrons. The molecule has 3 aromatic carbocycles. The van der Waals surface area contributed by atoms with E-state index in [-0.39, 0.29) is 29.1 Å². The molecule has 1 atom stereocenters. The summed E-state index contributed by atoms with van der Waals surface area (Å²) in [5.74, 6) is -2.39. The number of carbonyl (C=O) groups excluding carboxylic acids is 3. The number of rotatable bonds is 6. The molecule has 0 saturated carbocycles. The Balaban J connectivity index is 1.96. The number of benzene rings is 3. The van der Waals surface area contributed by atoms with Crippen molar-refractivity contribution in [1.82, 2.24) is 0 Å². The van der Waals surface area contributed by atoms with Gasteiger partial charge < -0.3 is 14.6 Å². The lowest BCUT2D eigenvalue weighted by atomic mass is 9.94. The van der Waals surface area contributed by atoms with Crippen LogP contribution in [0.1, 0.15) is 40.0 Å². The van der Waals surface area contributed by atoms with Crippen molar-refractivity contribution in [1.29, 1.82) is 0 Å².